The Kier molecular flexibility index (Phi) is 8.38. The molecule has 0 fully saturated rings. The van der Waals surface area contributed by atoms with Crippen LogP contribution in [0.5, 0.6) is 11.5 Å². The molecule has 2 N–H and O–H groups in total. The predicted molar refractivity (Wildman–Crippen MR) is 147 cm³/mol. The second kappa shape index (κ2) is 12.1. The third-order valence-electron chi connectivity index (χ3n) is 6.24. The molecule has 0 aliphatic rings. The number of rotatable bonds is 9. The highest BCUT2D eigenvalue weighted by atomic mass is 16.5. The zero-order chi connectivity index (χ0) is 27.1. The molecule has 4 aromatic rings. The average molecular weight is 511 g/mol. The maximum atomic E-state index is 13.3. The molecule has 0 saturated heterocycles. The van der Waals surface area contributed by atoms with Crippen molar-refractivity contribution in [2.24, 2.45) is 0 Å². The van der Waals surface area contributed by atoms with Crippen LogP contribution in [0.3, 0.4) is 0 Å². The van der Waals surface area contributed by atoms with Gasteiger partial charge in [-0.05, 0) is 65.2 Å². The van der Waals surface area contributed by atoms with E-state index >= 15 is 0 Å². The summed E-state index contributed by atoms with van der Waals surface area (Å²) in [6.07, 6.45) is 0.277. The van der Waals surface area contributed by atoms with E-state index in [0.717, 1.165) is 27.6 Å². The summed E-state index contributed by atoms with van der Waals surface area (Å²) in [4.78, 5) is 37.7. The van der Waals surface area contributed by atoms with Gasteiger partial charge in [-0.15, -0.1) is 0 Å². The van der Waals surface area contributed by atoms with Crippen LogP contribution in [-0.2, 0) is 20.8 Å². The summed E-state index contributed by atoms with van der Waals surface area (Å²) >= 11 is 0. The van der Waals surface area contributed by atoms with Crippen LogP contribution in [0.25, 0.3) is 10.8 Å². The maximum absolute atomic E-state index is 13.3. The molecule has 0 aromatic heterocycles. The van der Waals surface area contributed by atoms with Crippen LogP contribution in [0.15, 0.2) is 91.0 Å². The van der Waals surface area contributed by atoms with Crippen molar-refractivity contribution in [3.63, 3.8) is 0 Å². The largest absolute Gasteiger partial charge is 0.497 e. The Morgan fingerprint density at radius 3 is 2.16 bits per heavy atom. The molecule has 0 spiro atoms. The molecular formula is C31H30N2O5. The minimum absolute atomic E-state index is 0.194. The summed E-state index contributed by atoms with van der Waals surface area (Å²) in [6, 6.07) is 26.7. The fourth-order valence-corrected chi connectivity index (χ4v) is 4.13. The van der Waals surface area contributed by atoms with Crippen molar-refractivity contribution in [2.45, 2.75) is 32.2 Å². The zero-order valence-electron chi connectivity index (χ0n) is 21.6. The SMILES string of the molecule is COc1ccc2cc([C@H](C)C(=O)N[C@@H](Cc3ccccc3)C(=O)Oc3ccc(NC(C)=O)cc3)ccc2c1. The van der Waals surface area contributed by atoms with Gasteiger partial charge in [0.2, 0.25) is 11.8 Å². The molecule has 7 heteroatoms. The van der Waals surface area contributed by atoms with Gasteiger partial charge in [-0.3, -0.25) is 9.59 Å². The number of fused-ring (bicyclic) bond motifs is 1. The summed E-state index contributed by atoms with van der Waals surface area (Å²) in [5.74, 6) is -0.466. The van der Waals surface area contributed by atoms with E-state index in [2.05, 4.69) is 10.6 Å². The van der Waals surface area contributed by atoms with Crippen molar-refractivity contribution in [1.29, 1.82) is 0 Å². The van der Waals surface area contributed by atoms with Gasteiger partial charge in [0.15, 0.2) is 0 Å². The molecule has 0 unspecified atom stereocenters. The highest BCUT2D eigenvalue weighted by molar-refractivity contribution is 5.91. The summed E-state index contributed by atoms with van der Waals surface area (Å²) in [6.45, 7) is 3.23. The van der Waals surface area contributed by atoms with E-state index in [1.54, 1.807) is 31.4 Å². The molecule has 7 nitrogen and oxygen atoms in total. The van der Waals surface area contributed by atoms with Crippen LogP contribution in [0.2, 0.25) is 0 Å². The number of hydrogen-bond acceptors (Lipinski definition) is 5. The highest BCUT2D eigenvalue weighted by Gasteiger charge is 2.26. The van der Waals surface area contributed by atoms with E-state index < -0.39 is 17.9 Å². The minimum atomic E-state index is -0.896. The van der Waals surface area contributed by atoms with E-state index in [-0.39, 0.29) is 18.2 Å². The number of anilines is 1. The van der Waals surface area contributed by atoms with Crippen LogP contribution < -0.4 is 20.1 Å². The smallest absolute Gasteiger partial charge is 0.334 e. The molecule has 38 heavy (non-hydrogen) atoms. The lowest BCUT2D eigenvalue weighted by atomic mass is 9.96. The first kappa shape index (κ1) is 26.4. The number of benzene rings is 4. The first-order valence-corrected chi connectivity index (χ1v) is 12.3. The number of carbonyl (C=O) groups is 3. The summed E-state index contributed by atoms with van der Waals surface area (Å²) in [7, 11) is 1.62. The summed E-state index contributed by atoms with van der Waals surface area (Å²) in [5, 5.41) is 7.57. The van der Waals surface area contributed by atoms with Crippen LogP contribution in [-0.4, -0.2) is 30.9 Å². The first-order chi connectivity index (χ1) is 18.3. The number of hydrogen-bond donors (Lipinski definition) is 2. The van der Waals surface area contributed by atoms with Crippen molar-refractivity contribution in [1.82, 2.24) is 5.32 Å². The lowest BCUT2D eigenvalue weighted by molar-refractivity contribution is -0.139. The van der Waals surface area contributed by atoms with Gasteiger partial charge >= 0.3 is 5.97 Å². The number of methoxy groups -OCH3 is 1. The lowest BCUT2D eigenvalue weighted by Gasteiger charge is -2.21. The zero-order valence-corrected chi connectivity index (χ0v) is 21.6. The molecular weight excluding hydrogens is 480 g/mol. The Morgan fingerprint density at radius 2 is 1.47 bits per heavy atom. The van der Waals surface area contributed by atoms with Gasteiger partial charge in [-0.2, -0.15) is 0 Å². The molecule has 2 amide bonds. The van der Waals surface area contributed by atoms with Gasteiger partial charge in [0.05, 0.1) is 13.0 Å². The van der Waals surface area contributed by atoms with Crippen molar-refractivity contribution < 1.29 is 23.9 Å². The number of ether oxygens (including phenoxy) is 2. The minimum Gasteiger partial charge on any atom is -0.497 e. The highest BCUT2D eigenvalue weighted by Crippen LogP contribution is 2.25. The van der Waals surface area contributed by atoms with E-state index in [4.69, 9.17) is 9.47 Å². The van der Waals surface area contributed by atoms with Gasteiger partial charge in [0.1, 0.15) is 17.5 Å². The van der Waals surface area contributed by atoms with Gasteiger partial charge < -0.3 is 20.1 Å². The fraction of sp³-hybridized carbons (Fsp3) is 0.194. The number of amides is 2. The molecule has 0 heterocycles. The maximum Gasteiger partial charge on any atom is 0.334 e. The van der Waals surface area contributed by atoms with Crippen LogP contribution in [0.1, 0.15) is 30.9 Å². The van der Waals surface area contributed by atoms with Crippen LogP contribution in [0, 0.1) is 0 Å². The Bertz CT molecular complexity index is 1430. The Balaban J connectivity index is 1.50. The van der Waals surface area contributed by atoms with Crippen LogP contribution in [0.4, 0.5) is 5.69 Å². The Labute approximate surface area is 221 Å². The van der Waals surface area contributed by atoms with Crippen molar-refractivity contribution in [3.05, 3.63) is 102 Å². The second-order valence-corrected chi connectivity index (χ2v) is 9.07. The normalized spacial score (nSPS) is 12.3. The molecule has 0 radical (unpaired) electrons. The van der Waals surface area contributed by atoms with Crippen LogP contribution >= 0.6 is 0 Å². The monoisotopic (exact) mass is 510 g/mol. The third-order valence-corrected chi connectivity index (χ3v) is 6.24. The van der Waals surface area contributed by atoms with Crippen molar-refractivity contribution in [3.8, 4) is 11.5 Å². The second-order valence-electron chi connectivity index (χ2n) is 9.07. The molecule has 0 aliphatic heterocycles. The lowest BCUT2D eigenvalue weighted by Crippen LogP contribution is -2.46. The number of nitrogens with one attached hydrogen (secondary N) is 2. The van der Waals surface area contributed by atoms with Crippen molar-refractivity contribution in [2.75, 3.05) is 12.4 Å². The molecule has 4 aromatic carbocycles. The molecule has 0 bridgehead atoms. The van der Waals surface area contributed by atoms with Gasteiger partial charge in [0.25, 0.3) is 0 Å². The average Bonchev–Trinajstić information content (AvgIpc) is 2.93. The van der Waals surface area contributed by atoms with Gasteiger partial charge in [0, 0.05) is 19.0 Å². The Morgan fingerprint density at radius 1 is 0.816 bits per heavy atom. The fourth-order valence-electron chi connectivity index (χ4n) is 4.13. The standard InChI is InChI=1S/C31H30N2O5/c1-20(23-9-10-25-19-28(37-3)14-11-24(25)18-23)30(35)33-29(17-22-7-5-4-6-8-22)31(36)38-27-15-12-26(13-16-27)32-21(2)34/h4-16,18-20,29H,17H2,1-3H3,(H,32,34)(H,33,35)/t20-,29-/m0/s1. The quantitative estimate of drug-likeness (QED) is 0.237. The van der Waals surface area contributed by atoms with E-state index in [1.807, 2.05) is 73.7 Å². The van der Waals surface area contributed by atoms with E-state index in [1.165, 1.54) is 6.92 Å². The molecule has 0 saturated carbocycles. The van der Waals surface area contributed by atoms with Gasteiger partial charge in [-0.1, -0.05) is 54.6 Å². The first-order valence-electron chi connectivity index (χ1n) is 12.3. The molecule has 2 atom stereocenters. The Hall–Kier alpha value is -4.65. The molecule has 0 aliphatic carbocycles. The number of carbonyl (C=O) groups excluding carboxylic acids is 3. The number of esters is 1. The topological polar surface area (TPSA) is 93.7 Å². The third kappa shape index (κ3) is 6.76. The predicted octanol–water partition coefficient (Wildman–Crippen LogP) is 5.24. The van der Waals surface area contributed by atoms with Crippen molar-refractivity contribution >= 4 is 34.2 Å². The summed E-state index contributed by atoms with van der Waals surface area (Å²) < 4.78 is 10.9. The molecule has 4 rings (SSSR count). The molecule has 194 valence electrons. The van der Waals surface area contributed by atoms with E-state index in [0.29, 0.717) is 11.4 Å². The van der Waals surface area contributed by atoms with E-state index in [9.17, 15) is 14.4 Å². The van der Waals surface area contributed by atoms with Gasteiger partial charge in [-0.25, -0.2) is 4.79 Å². The summed E-state index contributed by atoms with van der Waals surface area (Å²) in [5.41, 5.74) is 2.32.